The second-order valence-electron chi connectivity index (χ2n) is 5.92. The van der Waals surface area contributed by atoms with E-state index in [0.29, 0.717) is 27.0 Å². The molecule has 0 fully saturated rings. The topological polar surface area (TPSA) is 67.4 Å². The number of rotatable bonds is 7. The standard InChI is InChI=1S/C19H20Cl2N2O3/c1-12(2)22-19(25)16-8-5-14(21)11-17(16)23-18(24)9-10-26-15-6-3-13(20)4-7-15/h3-8,11-12H,9-10H2,1-2H3,(H,22,25)(H,23,24). The lowest BCUT2D eigenvalue weighted by Gasteiger charge is -2.14. The molecule has 0 aliphatic rings. The fourth-order valence-electron chi connectivity index (χ4n) is 2.16. The summed E-state index contributed by atoms with van der Waals surface area (Å²) in [6.45, 7) is 3.92. The van der Waals surface area contributed by atoms with Gasteiger partial charge in [-0.3, -0.25) is 9.59 Å². The van der Waals surface area contributed by atoms with Crippen LogP contribution in [0.2, 0.25) is 10.0 Å². The van der Waals surface area contributed by atoms with Crippen LogP contribution >= 0.6 is 23.2 Å². The predicted molar refractivity (Wildman–Crippen MR) is 104 cm³/mol. The second kappa shape index (κ2) is 9.46. The first-order valence-electron chi connectivity index (χ1n) is 8.14. The molecule has 0 aromatic heterocycles. The van der Waals surface area contributed by atoms with Gasteiger partial charge >= 0.3 is 0 Å². The van der Waals surface area contributed by atoms with Crippen molar-refractivity contribution in [2.45, 2.75) is 26.3 Å². The Balaban J connectivity index is 1.96. The summed E-state index contributed by atoms with van der Waals surface area (Å²) in [5, 5.41) is 6.55. The molecule has 5 nitrogen and oxygen atoms in total. The van der Waals surface area contributed by atoms with Crippen LogP contribution in [0.1, 0.15) is 30.6 Å². The van der Waals surface area contributed by atoms with E-state index in [2.05, 4.69) is 10.6 Å². The molecule has 0 saturated heterocycles. The van der Waals surface area contributed by atoms with Gasteiger partial charge in [0.2, 0.25) is 5.91 Å². The first-order chi connectivity index (χ1) is 12.3. The first-order valence-corrected chi connectivity index (χ1v) is 8.89. The number of carbonyl (C=O) groups is 2. The van der Waals surface area contributed by atoms with Gasteiger partial charge in [0.25, 0.3) is 5.91 Å². The molecule has 0 radical (unpaired) electrons. The van der Waals surface area contributed by atoms with Gasteiger partial charge in [-0.05, 0) is 56.3 Å². The Morgan fingerprint density at radius 1 is 1.04 bits per heavy atom. The Hall–Kier alpha value is -2.24. The Morgan fingerprint density at radius 2 is 1.69 bits per heavy atom. The summed E-state index contributed by atoms with van der Waals surface area (Å²) in [4.78, 5) is 24.4. The highest BCUT2D eigenvalue weighted by atomic mass is 35.5. The minimum atomic E-state index is -0.278. The van der Waals surface area contributed by atoms with E-state index in [9.17, 15) is 9.59 Å². The fourth-order valence-corrected chi connectivity index (χ4v) is 2.46. The molecule has 0 saturated carbocycles. The van der Waals surface area contributed by atoms with Gasteiger partial charge in [-0.2, -0.15) is 0 Å². The highest BCUT2D eigenvalue weighted by Crippen LogP contribution is 2.22. The summed E-state index contributed by atoms with van der Waals surface area (Å²) in [6.07, 6.45) is 0.125. The molecule has 2 N–H and O–H groups in total. The molecule has 138 valence electrons. The molecule has 2 amide bonds. The van der Waals surface area contributed by atoms with Crippen molar-refractivity contribution in [3.63, 3.8) is 0 Å². The number of anilines is 1. The van der Waals surface area contributed by atoms with Gasteiger partial charge in [-0.25, -0.2) is 0 Å². The second-order valence-corrected chi connectivity index (χ2v) is 6.79. The van der Waals surface area contributed by atoms with Crippen LogP contribution in [0.25, 0.3) is 0 Å². The molecule has 0 atom stereocenters. The van der Waals surface area contributed by atoms with Crippen LogP contribution in [0.5, 0.6) is 5.75 Å². The first kappa shape index (κ1) is 20.1. The largest absolute Gasteiger partial charge is 0.493 e. The van der Waals surface area contributed by atoms with E-state index in [-0.39, 0.29) is 30.9 Å². The number of hydrogen-bond acceptors (Lipinski definition) is 3. The van der Waals surface area contributed by atoms with Crippen molar-refractivity contribution in [3.05, 3.63) is 58.1 Å². The molecule has 2 aromatic rings. The van der Waals surface area contributed by atoms with Crippen LogP contribution in [0.15, 0.2) is 42.5 Å². The van der Waals surface area contributed by atoms with Crippen molar-refractivity contribution in [2.24, 2.45) is 0 Å². The summed E-state index contributed by atoms with van der Waals surface area (Å²) in [6, 6.07) is 11.6. The zero-order valence-electron chi connectivity index (χ0n) is 14.5. The number of amides is 2. The third-order valence-corrected chi connectivity index (χ3v) is 3.82. The molecule has 0 aliphatic heterocycles. The van der Waals surface area contributed by atoms with Crippen molar-refractivity contribution in [2.75, 3.05) is 11.9 Å². The average molecular weight is 395 g/mol. The van der Waals surface area contributed by atoms with Crippen LogP contribution in [0.3, 0.4) is 0 Å². The van der Waals surface area contributed by atoms with E-state index in [1.54, 1.807) is 42.5 Å². The summed E-state index contributed by atoms with van der Waals surface area (Å²) >= 11 is 11.8. The maximum absolute atomic E-state index is 12.3. The Morgan fingerprint density at radius 3 is 2.35 bits per heavy atom. The van der Waals surface area contributed by atoms with E-state index in [1.165, 1.54) is 0 Å². The Bertz CT molecular complexity index is 777. The van der Waals surface area contributed by atoms with E-state index in [1.807, 2.05) is 13.8 Å². The van der Waals surface area contributed by atoms with Crippen molar-refractivity contribution in [3.8, 4) is 5.75 Å². The van der Waals surface area contributed by atoms with Gasteiger partial charge in [0.05, 0.1) is 24.3 Å². The van der Waals surface area contributed by atoms with Crippen LogP contribution < -0.4 is 15.4 Å². The zero-order chi connectivity index (χ0) is 19.1. The zero-order valence-corrected chi connectivity index (χ0v) is 16.0. The monoisotopic (exact) mass is 394 g/mol. The summed E-state index contributed by atoms with van der Waals surface area (Å²) in [5.74, 6) is 0.0752. The quantitative estimate of drug-likeness (QED) is 0.724. The molecule has 2 rings (SSSR count). The molecule has 2 aromatic carbocycles. The van der Waals surface area contributed by atoms with Crippen molar-refractivity contribution < 1.29 is 14.3 Å². The molecule has 0 aliphatic carbocycles. The van der Waals surface area contributed by atoms with E-state index >= 15 is 0 Å². The highest BCUT2D eigenvalue weighted by Gasteiger charge is 2.15. The fraction of sp³-hybridized carbons (Fsp3) is 0.263. The lowest BCUT2D eigenvalue weighted by molar-refractivity contribution is -0.116. The number of ether oxygens (including phenoxy) is 1. The lowest BCUT2D eigenvalue weighted by atomic mass is 10.1. The third kappa shape index (κ3) is 6.24. The molecule has 0 unspecified atom stereocenters. The molecular formula is C19H20Cl2N2O3. The van der Waals surface area contributed by atoms with Gasteiger partial charge < -0.3 is 15.4 Å². The van der Waals surface area contributed by atoms with Crippen molar-refractivity contribution in [1.29, 1.82) is 0 Å². The number of hydrogen-bond donors (Lipinski definition) is 2. The van der Waals surface area contributed by atoms with E-state index in [0.717, 1.165) is 0 Å². The Kier molecular flexibility index (Phi) is 7.30. The normalized spacial score (nSPS) is 10.5. The SMILES string of the molecule is CC(C)NC(=O)c1ccc(Cl)cc1NC(=O)CCOc1ccc(Cl)cc1. The summed E-state index contributed by atoms with van der Waals surface area (Å²) in [7, 11) is 0. The van der Waals surface area contributed by atoms with Gasteiger partial charge in [-0.15, -0.1) is 0 Å². The molecule has 7 heteroatoms. The minimum absolute atomic E-state index is 0.0190. The lowest BCUT2D eigenvalue weighted by Crippen LogP contribution is -2.31. The number of carbonyl (C=O) groups excluding carboxylic acids is 2. The smallest absolute Gasteiger partial charge is 0.253 e. The highest BCUT2D eigenvalue weighted by molar-refractivity contribution is 6.31. The van der Waals surface area contributed by atoms with Crippen molar-refractivity contribution in [1.82, 2.24) is 5.32 Å². The maximum atomic E-state index is 12.3. The predicted octanol–water partition coefficient (Wildman–Crippen LogP) is 4.54. The molecular weight excluding hydrogens is 375 g/mol. The van der Waals surface area contributed by atoms with Gasteiger partial charge in [0.1, 0.15) is 5.75 Å². The number of halogens is 2. The van der Waals surface area contributed by atoms with E-state index < -0.39 is 0 Å². The molecule has 0 heterocycles. The summed E-state index contributed by atoms with van der Waals surface area (Å²) in [5.41, 5.74) is 0.724. The van der Waals surface area contributed by atoms with Gasteiger partial charge in [-0.1, -0.05) is 23.2 Å². The summed E-state index contributed by atoms with van der Waals surface area (Å²) < 4.78 is 5.50. The van der Waals surface area contributed by atoms with Crippen molar-refractivity contribution >= 4 is 40.7 Å². The number of benzene rings is 2. The van der Waals surface area contributed by atoms with Gasteiger partial charge in [0.15, 0.2) is 0 Å². The maximum Gasteiger partial charge on any atom is 0.253 e. The number of nitrogens with one attached hydrogen (secondary N) is 2. The van der Waals surface area contributed by atoms with Crippen LogP contribution in [-0.4, -0.2) is 24.5 Å². The van der Waals surface area contributed by atoms with E-state index in [4.69, 9.17) is 27.9 Å². The minimum Gasteiger partial charge on any atom is -0.493 e. The van der Waals surface area contributed by atoms with Gasteiger partial charge in [0, 0.05) is 16.1 Å². The van der Waals surface area contributed by atoms with Crippen LogP contribution in [0, 0.1) is 0 Å². The third-order valence-electron chi connectivity index (χ3n) is 3.33. The van der Waals surface area contributed by atoms with Crippen LogP contribution in [-0.2, 0) is 4.79 Å². The molecule has 0 bridgehead atoms. The molecule has 0 spiro atoms. The molecule has 26 heavy (non-hydrogen) atoms. The average Bonchev–Trinajstić information content (AvgIpc) is 2.56. The Labute approximate surface area is 162 Å². The van der Waals surface area contributed by atoms with Crippen LogP contribution in [0.4, 0.5) is 5.69 Å².